The molecule has 0 aliphatic heterocycles. The Hall–Kier alpha value is -1.88. The molecule has 1 aromatic rings. The molecule has 2 rings (SSSR count). The maximum atomic E-state index is 11.9. The van der Waals surface area contributed by atoms with Crippen LogP contribution in [0.3, 0.4) is 0 Å². The first kappa shape index (κ1) is 15.5. The molecule has 21 heavy (non-hydrogen) atoms. The average molecular weight is 290 g/mol. The van der Waals surface area contributed by atoms with Gasteiger partial charge >= 0.3 is 11.8 Å². The molecule has 1 aliphatic carbocycles. The summed E-state index contributed by atoms with van der Waals surface area (Å²) in [5.74, 6) is -1.39. The van der Waals surface area contributed by atoms with Crippen molar-refractivity contribution in [2.45, 2.75) is 51.2 Å². The molecule has 0 bridgehead atoms. The molecule has 2 amide bonds. The Bertz CT molecular complexity index is 499. The standard InChI is InChI=1S/C16H22N2O3/c1-11-7-9-12(10-8-11)17-15(20)16(21)18-13-5-3-2-4-6-14(13)19/h7-10,13-14,19H,2-6H2,1H3,(H,17,20)(H,18,21). The highest BCUT2D eigenvalue weighted by Gasteiger charge is 2.25. The molecule has 0 radical (unpaired) electrons. The van der Waals surface area contributed by atoms with Crippen molar-refractivity contribution in [2.75, 3.05) is 5.32 Å². The fourth-order valence-corrected chi connectivity index (χ4v) is 2.52. The van der Waals surface area contributed by atoms with E-state index in [2.05, 4.69) is 10.6 Å². The molecule has 2 unspecified atom stereocenters. The van der Waals surface area contributed by atoms with Gasteiger partial charge in [-0.15, -0.1) is 0 Å². The quantitative estimate of drug-likeness (QED) is 0.573. The zero-order valence-electron chi connectivity index (χ0n) is 12.3. The van der Waals surface area contributed by atoms with Gasteiger partial charge < -0.3 is 15.7 Å². The predicted molar refractivity (Wildman–Crippen MR) is 80.8 cm³/mol. The van der Waals surface area contributed by atoms with E-state index in [0.29, 0.717) is 18.5 Å². The molecule has 1 aliphatic rings. The molecule has 0 heterocycles. The van der Waals surface area contributed by atoms with Crippen LogP contribution in [0.1, 0.15) is 37.7 Å². The van der Waals surface area contributed by atoms with Crippen LogP contribution in [0.25, 0.3) is 0 Å². The van der Waals surface area contributed by atoms with Crippen molar-refractivity contribution in [1.82, 2.24) is 5.32 Å². The summed E-state index contributed by atoms with van der Waals surface area (Å²) >= 11 is 0. The maximum absolute atomic E-state index is 11.9. The van der Waals surface area contributed by atoms with E-state index in [1.54, 1.807) is 12.1 Å². The summed E-state index contributed by atoms with van der Waals surface area (Å²) in [4.78, 5) is 23.8. The lowest BCUT2D eigenvalue weighted by molar-refractivity contribution is -0.137. The van der Waals surface area contributed by atoms with Gasteiger partial charge in [0, 0.05) is 5.69 Å². The smallest absolute Gasteiger partial charge is 0.313 e. The van der Waals surface area contributed by atoms with E-state index in [0.717, 1.165) is 24.8 Å². The second-order valence-corrected chi connectivity index (χ2v) is 5.61. The molecule has 114 valence electrons. The Balaban J connectivity index is 1.89. The number of nitrogens with one attached hydrogen (secondary N) is 2. The van der Waals surface area contributed by atoms with Crippen LogP contribution in [0.5, 0.6) is 0 Å². The van der Waals surface area contributed by atoms with E-state index >= 15 is 0 Å². The summed E-state index contributed by atoms with van der Waals surface area (Å²) in [5.41, 5.74) is 1.67. The van der Waals surface area contributed by atoms with Crippen LogP contribution in [0, 0.1) is 6.92 Å². The number of carbonyl (C=O) groups excluding carboxylic acids is 2. The highest BCUT2D eigenvalue weighted by Crippen LogP contribution is 2.18. The van der Waals surface area contributed by atoms with Crippen molar-refractivity contribution < 1.29 is 14.7 Å². The van der Waals surface area contributed by atoms with Crippen molar-refractivity contribution >= 4 is 17.5 Å². The lowest BCUT2D eigenvalue weighted by Gasteiger charge is -2.21. The van der Waals surface area contributed by atoms with Gasteiger partial charge in [-0.25, -0.2) is 0 Å². The van der Waals surface area contributed by atoms with Crippen LogP contribution >= 0.6 is 0 Å². The summed E-state index contributed by atoms with van der Waals surface area (Å²) in [7, 11) is 0. The van der Waals surface area contributed by atoms with Gasteiger partial charge in [0.15, 0.2) is 0 Å². The number of benzene rings is 1. The molecule has 2 atom stereocenters. The molecule has 0 saturated heterocycles. The van der Waals surface area contributed by atoms with Crippen LogP contribution in [0.2, 0.25) is 0 Å². The van der Waals surface area contributed by atoms with Gasteiger partial charge in [0.25, 0.3) is 0 Å². The topological polar surface area (TPSA) is 78.4 Å². The minimum absolute atomic E-state index is 0.330. The van der Waals surface area contributed by atoms with E-state index in [1.165, 1.54) is 0 Å². The minimum Gasteiger partial charge on any atom is -0.391 e. The molecule has 0 aromatic heterocycles. The van der Waals surface area contributed by atoms with E-state index in [9.17, 15) is 14.7 Å². The normalized spacial score (nSPS) is 22.2. The number of carbonyl (C=O) groups is 2. The summed E-state index contributed by atoms with van der Waals surface area (Å²) in [6.45, 7) is 1.95. The molecule has 1 saturated carbocycles. The number of hydrogen-bond acceptors (Lipinski definition) is 3. The summed E-state index contributed by atoms with van der Waals surface area (Å²) in [6.07, 6.45) is 3.79. The number of anilines is 1. The first-order valence-corrected chi connectivity index (χ1v) is 7.43. The van der Waals surface area contributed by atoms with Crippen molar-refractivity contribution in [1.29, 1.82) is 0 Å². The second-order valence-electron chi connectivity index (χ2n) is 5.61. The average Bonchev–Trinajstić information content (AvgIpc) is 2.66. The highest BCUT2D eigenvalue weighted by molar-refractivity contribution is 6.39. The Morgan fingerprint density at radius 2 is 1.71 bits per heavy atom. The first-order valence-electron chi connectivity index (χ1n) is 7.43. The molecular formula is C16H22N2O3. The largest absolute Gasteiger partial charge is 0.391 e. The van der Waals surface area contributed by atoms with Gasteiger partial charge in [0.1, 0.15) is 0 Å². The highest BCUT2D eigenvalue weighted by atomic mass is 16.3. The summed E-state index contributed by atoms with van der Waals surface area (Å²) in [5, 5.41) is 15.1. The maximum Gasteiger partial charge on any atom is 0.313 e. The SMILES string of the molecule is Cc1ccc(NC(=O)C(=O)NC2CCCCCC2O)cc1. The van der Waals surface area contributed by atoms with Crippen LogP contribution in [-0.2, 0) is 9.59 Å². The number of aliphatic hydroxyl groups is 1. The Kier molecular flexibility index (Phi) is 5.33. The van der Waals surface area contributed by atoms with Gasteiger partial charge in [-0.05, 0) is 31.9 Å². The van der Waals surface area contributed by atoms with Crippen LogP contribution in [0.15, 0.2) is 24.3 Å². The Labute approximate surface area is 124 Å². The molecule has 5 heteroatoms. The number of rotatable bonds is 2. The zero-order chi connectivity index (χ0) is 15.2. The van der Waals surface area contributed by atoms with E-state index in [1.807, 2.05) is 19.1 Å². The number of amides is 2. The van der Waals surface area contributed by atoms with Gasteiger partial charge in [0.2, 0.25) is 0 Å². The number of aryl methyl sites for hydroxylation is 1. The third-order valence-corrected chi connectivity index (χ3v) is 3.81. The van der Waals surface area contributed by atoms with Crippen LogP contribution < -0.4 is 10.6 Å². The minimum atomic E-state index is -0.699. The lowest BCUT2D eigenvalue weighted by Crippen LogP contribution is -2.47. The van der Waals surface area contributed by atoms with Crippen LogP contribution in [0.4, 0.5) is 5.69 Å². The molecule has 1 aromatic carbocycles. The van der Waals surface area contributed by atoms with Crippen LogP contribution in [-0.4, -0.2) is 29.1 Å². The Morgan fingerprint density at radius 3 is 2.43 bits per heavy atom. The van der Waals surface area contributed by atoms with Gasteiger partial charge in [-0.2, -0.15) is 0 Å². The van der Waals surface area contributed by atoms with Crippen molar-refractivity contribution in [3.05, 3.63) is 29.8 Å². The zero-order valence-corrected chi connectivity index (χ0v) is 12.3. The number of aliphatic hydroxyl groups excluding tert-OH is 1. The predicted octanol–water partition coefficient (Wildman–Crippen LogP) is 1.74. The second kappa shape index (κ2) is 7.22. The van der Waals surface area contributed by atoms with E-state index in [4.69, 9.17) is 0 Å². The lowest BCUT2D eigenvalue weighted by atomic mass is 10.1. The molecule has 0 spiro atoms. The number of hydrogen-bond donors (Lipinski definition) is 3. The first-order chi connectivity index (χ1) is 10.1. The summed E-state index contributed by atoms with van der Waals surface area (Å²) < 4.78 is 0. The fraction of sp³-hybridized carbons (Fsp3) is 0.500. The molecule has 3 N–H and O–H groups in total. The molecule has 1 fully saturated rings. The van der Waals surface area contributed by atoms with E-state index in [-0.39, 0.29) is 6.04 Å². The van der Waals surface area contributed by atoms with Gasteiger partial charge in [-0.1, -0.05) is 37.0 Å². The third kappa shape index (κ3) is 4.56. The van der Waals surface area contributed by atoms with E-state index < -0.39 is 17.9 Å². The third-order valence-electron chi connectivity index (χ3n) is 3.81. The van der Waals surface area contributed by atoms with Crippen molar-refractivity contribution in [3.63, 3.8) is 0 Å². The molecule has 5 nitrogen and oxygen atoms in total. The van der Waals surface area contributed by atoms with Gasteiger partial charge in [0.05, 0.1) is 12.1 Å². The van der Waals surface area contributed by atoms with Crippen molar-refractivity contribution in [2.24, 2.45) is 0 Å². The summed E-state index contributed by atoms with van der Waals surface area (Å²) in [6, 6.07) is 6.90. The molecular weight excluding hydrogens is 268 g/mol. The van der Waals surface area contributed by atoms with Gasteiger partial charge in [-0.3, -0.25) is 9.59 Å². The monoisotopic (exact) mass is 290 g/mol. The fourth-order valence-electron chi connectivity index (χ4n) is 2.52. The Morgan fingerprint density at radius 1 is 1.05 bits per heavy atom. The van der Waals surface area contributed by atoms with Crippen molar-refractivity contribution in [3.8, 4) is 0 Å².